The molecule has 0 aromatic carbocycles. The van der Waals surface area contributed by atoms with Crippen molar-refractivity contribution >= 4 is 5.82 Å². The lowest BCUT2D eigenvalue weighted by atomic mass is 10.1. The van der Waals surface area contributed by atoms with Crippen LogP contribution in [0.25, 0.3) is 11.5 Å². The number of nitrogens with one attached hydrogen (secondary N) is 1. The van der Waals surface area contributed by atoms with Crippen LogP contribution in [0.5, 0.6) is 0 Å². The Labute approximate surface area is 139 Å². The van der Waals surface area contributed by atoms with Crippen LogP contribution in [0.1, 0.15) is 12.8 Å². The number of hydrogen-bond acceptors (Lipinski definition) is 6. The first kappa shape index (κ1) is 15.4. The van der Waals surface area contributed by atoms with E-state index >= 15 is 0 Å². The molecule has 1 aliphatic heterocycles. The Kier molecular flexibility index (Phi) is 3.55. The molecular formula is C14H14F2N8O. The monoisotopic (exact) mass is 348 g/mol. The van der Waals surface area contributed by atoms with Gasteiger partial charge in [-0.05, 0) is 0 Å². The van der Waals surface area contributed by atoms with Crippen molar-refractivity contribution in [1.29, 1.82) is 0 Å². The number of H-pyrrole nitrogens is 1. The van der Waals surface area contributed by atoms with Gasteiger partial charge in [0.15, 0.2) is 11.5 Å². The van der Waals surface area contributed by atoms with Crippen LogP contribution in [0.4, 0.5) is 14.6 Å². The summed E-state index contributed by atoms with van der Waals surface area (Å²) in [5.74, 6) is -1.81. The number of rotatable bonds is 3. The maximum Gasteiger partial charge on any atom is 0.298 e. The highest BCUT2D eigenvalue weighted by atomic mass is 19.3. The van der Waals surface area contributed by atoms with Crippen molar-refractivity contribution in [2.75, 3.05) is 18.0 Å². The van der Waals surface area contributed by atoms with E-state index in [4.69, 9.17) is 0 Å². The Morgan fingerprint density at radius 2 is 1.92 bits per heavy atom. The molecule has 3 aromatic heterocycles. The molecule has 0 atom stereocenters. The summed E-state index contributed by atoms with van der Waals surface area (Å²) in [5, 5.41) is 10.3. The molecule has 9 nitrogen and oxygen atoms in total. The van der Waals surface area contributed by atoms with Crippen LogP contribution in [0, 0.1) is 0 Å². The molecule has 4 heterocycles. The number of anilines is 1. The lowest BCUT2D eigenvalue weighted by molar-refractivity contribution is -0.0221. The minimum atomic E-state index is -2.63. The number of hydrogen-bond donors (Lipinski definition) is 1. The molecule has 1 aliphatic rings. The Morgan fingerprint density at radius 1 is 1.16 bits per heavy atom. The summed E-state index contributed by atoms with van der Waals surface area (Å²) < 4.78 is 29.2. The Bertz CT molecular complexity index is 922. The average molecular weight is 348 g/mol. The number of alkyl halides is 2. The van der Waals surface area contributed by atoms with Gasteiger partial charge in [0.1, 0.15) is 12.1 Å². The molecule has 0 bridgehead atoms. The second-order valence-corrected chi connectivity index (χ2v) is 5.72. The molecule has 0 unspecified atom stereocenters. The zero-order chi connectivity index (χ0) is 17.4. The quantitative estimate of drug-likeness (QED) is 0.751. The van der Waals surface area contributed by atoms with E-state index in [0.717, 1.165) is 0 Å². The molecule has 0 saturated carbocycles. The highest BCUT2D eigenvalue weighted by Gasteiger charge is 2.34. The fraction of sp³-hybridized carbons (Fsp3) is 0.357. The van der Waals surface area contributed by atoms with E-state index < -0.39 is 5.92 Å². The van der Waals surface area contributed by atoms with Gasteiger partial charge in [-0.25, -0.2) is 23.4 Å². The molecule has 3 aromatic rings. The van der Waals surface area contributed by atoms with Gasteiger partial charge >= 0.3 is 0 Å². The zero-order valence-corrected chi connectivity index (χ0v) is 13.0. The first-order chi connectivity index (χ1) is 12.0. The molecule has 11 heteroatoms. The van der Waals surface area contributed by atoms with Gasteiger partial charge in [-0.2, -0.15) is 4.68 Å². The molecule has 1 fully saturated rings. The van der Waals surface area contributed by atoms with Crippen LogP contribution in [-0.2, 0) is 0 Å². The van der Waals surface area contributed by atoms with Crippen molar-refractivity contribution in [2.24, 2.45) is 0 Å². The molecule has 25 heavy (non-hydrogen) atoms. The summed E-state index contributed by atoms with van der Waals surface area (Å²) in [6.45, 7) is 0.403. The van der Waals surface area contributed by atoms with Crippen molar-refractivity contribution in [2.45, 2.75) is 18.8 Å². The van der Waals surface area contributed by atoms with Crippen molar-refractivity contribution in [1.82, 2.24) is 34.7 Å². The van der Waals surface area contributed by atoms with Crippen molar-refractivity contribution in [3.8, 4) is 11.5 Å². The fourth-order valence-electron chi connectivity index (χ4n) is 2.73. The zero-order valence-electron chi connectivity index (χ0n) is 13.0. The lowest BCUT2D eigenvalue weighted by Crippen LogP contribution is -2.39. The number of halogens is 2. The molecule has 130 valence electrons. The van der Waals surface area contributed by atoms with E-state index in [0.29, 0.717) is 11.6 Å². The molecule has 1 saturated heterocycles. The van der Waals surface area contributed by atoms with Crippen LogP contribution < -0.4 is 10.5 Å². The Morgan fingerprint density at radius 3 is 2.64 bits per heavy atom. The van der Waals surface area contributed by atoms with Gasteiger partial charge in [0.25, 0.3) is 11.5 Å². The van der Waals surface area contributed by atoms with Crippen LogP contribution in [0.3, 0.4) is 0 Å². The predicted octanol–water partition coefficient (Wildman–Crippen LogP) is 0.772. The summed E-state index contributed by atoms with van der Waals surface area (Å²) in [5.41, 5.74) is -0.0735. The molecule has 0 aliphatic carbocycles. The summed E-state index contributed by atoms with van der Waals surface area (Å²) in [6, 6.07) is 1.59. The van der Waals surface area contributed by atoms with Gasteiger partial charge in [-0.1, -0.05) is 5.21 Å². The number of piperidine rings is 1. The standard InChI is InChI=1S/C14H14F2N8O/c15-14(16)1-4-22(5-2-14)11-7-12(18-9-17-11)24-13(25)10(8-20-24)23-6-3-19-21-23/h3,6-9,20H,1-2,4-5H2. The van der Waals surface area contributed by atoms with E-state index in [-0.39, 0.29) is 37.2 Å². The fourth-order valence-corrected chi connectivity index (χ4v) is 2.73. The summed E-state index contributed by atoms with van der Waals surface area (Å²) in [6.07, 6.45) is 5.37. The second-order valence-electron chi connectivity index (χ2n) is 5.72. The highest BCUT2D eigenvalue weighted by Crippen LogP contribution is 2.29. The first-order valence-electron chi connectivity index (χ1n) is 7.66. The molecule has 0 spiro atoms. The van der Waals surface area contributed by atoms with Gasteiger partial charge in [0.2, 0.25) is 0 Å². The Hall–Kier alpha value is -3.11. The van der Waals surface area contributed by atoms with Crippen molar-refractivity contribution in [3.63, 3.8) is 0 Å². The lowest BCUT2D eigenvalue weighted by Gasteiger charge is -2.32. The topological polar surface area (TPSA) is 97.5 Å². The molecular weight excluding hydrogens is 334 g/mol. The third-order valence-electron chi connectivity index (χ3n) is 4.11. The molecule has 0 radical (unpaired) electrons. The van der Waals surface area contributed by atoms with Crippen molar-refractivity contribution in [3.05, 3.63) is 41.3 Å². The smallest absolute Gasteiger partial charge is 0.298 e. The summed E-state index contributed by atoms with van der Waals surface area (Å²) in [4.78, 5) is 22.5. The van der Waals surface area contributed by atoms with E-state index in [1.54, 1.807) is 17.2 Å². The van der Waals surface area contributed by atoms with Crippen LogP contribution >= 0.6 is 0 Å². The van der Waals surface area contributed by atoms with E-state index in [1.165, 1.54) is 28.1 Å². The van der Waals surface area contributed by atoms with Gasteiger partial charge in [0.05, 0.1) is 18.6 Å². The van der Waals surface area contributed by atoms with E-state index in [2.05, 4.69) is 25.4 Å². The van der Waals surface area contributed by atoms with Gasteiger partial charge in [-0.15, -0.1) is 5.10 Å². The average Bonchev–Trinajstić information content (AvgIpc) is 3.24. The SMILES string of the molecule is O=c1c(-n2ccnn2)c[nH]n1-c1cc(N2CCC(F)(F)CC2)ncn1. The maximum absolute atomic E-state index is 13.3. The predicted molar refractivity (Wildman–Crippen MR) is 83.3 cm³/mol. The van der Waals surface area contributed by atoms with Gasteiger partial charge < -0.3 is 4.90 Å². The summed E-state index contributed by atoms with van der Waals surface area (Å²) in [7, 11) is 0. The number of aromatic amines is 1. The third-order valence-corrected chi connectivity index (χ3v) is 4.11. The van der Waals surface area contributed by atoms with Crippen molar-refractivity contribution < 1.29 is 8.78 Å². The molecule has 0 amide bonds. The second kappa shape index (κ2) is 5.76. The van der Waals surface area contributed by atoms with Gasteiger partial charge in [0, 0.05) is 32.0 Å². The minimum absolute atomic E-state index is 0.202. The van der Waals surface area contributed by atoms with E-state index in [1.807, 2.05) is 0 Å². The van der Waals surface area contributed by atoms with Crippen LogP contribution in [-0.4, -0.2) is 53.8 Å². The molecule has 4 rings (SSSR count). The highest BCUT2D eigenvalue weighted by molar-refractivity contribution is 5.44. The Balaban J connectivity index is 1.64. The first-order valence-corrected chi connectivity index (χ1v) is 7.66. The van der Waals surface area contributed by atoms with E-state index in [9.17, 15) is 13.6 Å². The maximum atomic E-state index is 13.3. The number of aromatic nitrogens is 7. The third kappa shape index (κ3) is 2.88. The minimum Gasteiger partial charge on any atom is -0.356 e. The van der Waals surface area contributed by atoms with Crippen LogP contribution in [0.15, 0.2) is 35.8 Å². The largest absolute Gasteiger partial charge is 0.356 e. The number of nitrogens with zero attached hydrogens (tertiary/aromatic N) is 7. The van der Waals surface area contributed by atoms with Gasteiger partial charge in [-0.3, -0.25) is 9.89 Å². The van der Waals surface area contributed by atoms with Crippen LogP contribution in [0.2, 0.25) is 0 Å². The normalized spacial score (nSPS) is 17.0. The summed E-state index contributed by atoms with van der Waals surface area (Å²) >= 11 is 0. The molecule has 1 N–H and O–H groups in total.